The van der Waals surface area contributed by atoms with Crippen LogP contribution in [0.3, 0.4) is 0 Å². The highest BCUT2D eigenvalue weighted by Gasteiger charge is 2.41. The first-order chi connectivity index (χ1) is 17.5. The summed E-state index contributed by atoms with van der Waals surface area (Å²) in [6.45, 7) is 0. The maximum absolute atomic E-state index is 15.8. The van der Waals surface area contributed by atoms with Crippen molar-refractivity contribution in [3.8, 4) is 11.1 Å². The Labute approximate surface area is 203 Å². The van der Waals surface area contributed by atoms with Gasteiger partial charge in [-0.15, -0.1) is 0 Å². The largest absolute Gasteiger partial charge is 0.328 e. The second-order valence-electron chi connectivity index (χ2n) is 8.98. The van der Waals surface area contributed by atoms with Crippen LogP contribution in [-0.2, 0) is 0 Å². The van der Waals surface area contributed by atoms with Crippen molar-refractivity contribution in [3.63, 3.8) is 0 Å². The summed E-state index contributed by atoms with van der Waals surface area (Å²) < 4.78 is 64.3. The monoisotopic (exact) mass is 483 g/mol. The summed E-state index contributed by atoms with van der Waals surface area (Å²) >= 11 is 0. The number of benzene rings is 3. The minimum absolute atomic E-state index is 0.0275. The SMILES string of the molecule is Fc1c(F)c(N2c3ccccc3C3C=CC=CC32)c(F)c(F)c1-c1cnn2cc3ccccc3cc12. The summed E-state index contributed by atoms with van der Waals surface area (Å²) in [5, 5.41) is 5.85. The van der Waals surface area contributed by atoms with Gasteiger partial charge < -0.3 is 4.90 Å². The number of halogens is 4. The smallest absolute Gasteiger partial charge is 0.186 e. The van der Waals surface area contributed by atoms with Gasteiger partial charge in [-0.2, -0.15) is 5.10 Å². The van der Waals surface area contributed by atoms with Crippen molar-refractivity contribution in [1.29, 1.82) is 0 Å². The van der Waals surface area contributed by atoms with E-state index in [9.17, 15) is 0 Å². The predicted octanol–water partition coefficient (Wildman–Crippen LogP) is 7.44. The van der Waals surface area contributed by atoms with Crippen LogP contribution in [0.5, 0.6) is 0 Å². The number of para-hydroxylation sites is 1. The zero-order chi connectivity index (χ0) is 24.6. The van der Waals surface area contributed by atoms with Crippen molar-refractivity contribution in [1.82, 2.24) is 9.61 Å². The summed E-state index contributed by atoms with van der Waals surface area (Å²) in [5.74, 6) is -5.99. The highest BCUT2D eigenvalue weighted by Crippen LogP contribution is 2.50. The molecule has 7 heteroatoms. The Hall–Kier alpha value is -4.39. The normalized spacial score (nSPS) is 18.3. The van der Waals surface area contributed by atoms with E-state index >= 15 is 17.6 Å². The Morgan fingerprint density at radius 1 is 0.750 bits per heavy atom. The molecule has 0 saturated heterocycles. The van der Waals surface area contributed by atoms with Crippen molar-refractivity contribution in [2.24, 2.45) is 0 Å². The topological polar surface area (TPSA) is 20.5 Å². The minimum atomic E-state index is -1.46. The van der Waals surface area contributed by atoms with Crippen molar-refractivity contribution >= 4 is 27.7 Å². The number of hydrogen-bond donors (Lipinski definition) is 0. The van der Waals surface area contributed by atoms with E-state index in [1.807, 2.05) is 48.6 Å². The lowest BCUT2D eigenvalue weighted by Gasteiger charge is -2.29. The molecule has 0 fully saturated rings. The Balaban J connectivity index is 1.45. The standard InChI is InChI=1S/C29H17F4N3/c30-25-24(20-14-34-35-15-17-8-2-1-7-16(17)13-23(20)35)26(31)28(33)29(27(25)32)36-21-11-5-3-9-18(21)19-10-4-6-12-22(19)36/h1-15,18,21H. The Morgan fingerprint density at radius 3 is 2.25 bits per heavy atom. The van der Waals surface area contributed by atoms with Crippen LogP contribution in [0.25, 0.3) is 27.4 Å². The molecule has 2 atom stereocenters. The van der Waals surface area contributed by atoms with Gasteiger partial charge in [-0.25, -0.2) is 22.1 Å². The molecular formula is C29H17F4N3. The number of aromatic nitrogens is 2. The van der Waals surface area contributed by atoms with Gasteiger partial charge in [-0.1, -0.05) is 66.8 Å². The average molecular weight is 483 g/mol. The lowest BCUT2D eigenvalue weighted by Crippen LogP contribution is -2.30. The molecule has 0 spiro atoms. The molecule has 176 valence electrons. The van der Waals surface area contributed by atoms with Gasteiger partial charge in [0, 0.05) is 28.8 Å². The number of anilines is 2. The van der Waals surface area contributed by atoms with E-state index in [0.717, 1.165) is 16.3 Å². The Bertz CT molecular complexity index is 1740. The molecule has 2 unspecified atom stereocenters. The fraction of sp³-hybridized carbons (Fsp3) is 0.0690. The maximum atomic E-state index is 15.8. The summed E-state index contributed by atoms with van der Waals surface area (Å²) in [4.78, 5) is 1.35. The van der Waals surface area contributed by atoms with E-state index < -0.39 is 40.6 Å². The summed E-state index contributed by atoms with van der Waals surface area (Å²) in [6.07, 6.45) is 10.3. The second kappa shape index (κ2) is 7.55. The van der Waals surface area contributed by atoms with E-state index in [-0.39, 0.29) is 11.5 Å². The highest BCUT2D eigenvalue weighted by atomic mass is 19.2. The third-order valence-electron chi connectivity index (χ3n) is 7.09. The van der Waals surface area contributed by atoms with E-state index in [1.165, 1.54) is 15.6 Å². The quantitative estimate of drug-likeness (QED) is 0.192. The summed E-state index contributed by atoms with van der Waals surface area (Å²) in [5.41, 5.74) is 0.139. The third-order valence-corrected chi connectivity index (χ3v) is 7.09. The molecule has 0 saturated carbocycles. The maximum Gasteiger partial charge on any atom is 0.186 e. The van der Waals surface area contributed by atoms with Gasteiger partial charge in [-0.05, 0) is 23.1 Å². The van der Waals surface area contributed by atoms with Crippen LogP contribution in [0.1, 0.15) is 11.5 Å². The van der Waals surface area contributed by atoms with E-state index in [2.05, 4.69) is 5.10 Å². The molecule has 0 bridgehead atoms. The first kappa shape index (κ1) is 20.9. The zero-order valence-electron chi connectivity index (χ0n) is 18.7. The van der Waals surface area contributed by atoms with Crippen LogP contribution in [0.2, 0.25) is 0 Å². The number of allylic oxidation sites excluding steroid dienone is 2. The number of rotatable bonds is 2. The van der Waals surface area contributed by atoms with E-state index in [0.29, 0.717) is 11.2 Å². The summed E-state index contributed by atoms with van der Waals surface area (Å²) in [6, 6.07) is 15.7. The lowest BCUT2D eigenvalue weighted by molar-refractivity contribution is 0.457. The third kappa shape index (κ3) is 2.77. The van der Waals surface area contributed by atoms with Crippen LogP contribution in [0.15, 0.2) is 91.3 Å². The van der Waals surface area contributed by atoms with Gasteiger partial charge in [0.25, 0.3) is 0 Å². The van der Waals surface area contributed by atoms with Gasteiger partial charge in [0.1, 0.15) is 5.69 Å². The molecule has 0 radical (unpaired) electrons. The molecule has 3 aromatic carbocycles. The molecule has 2 aliphatic rings. The molecule has 3 nitrogen and oxygen atoms in total. The van der Waals surface area contributed by atoms with Gasteiger partial charge in [-0.3, -0.25) is 0 Å². The first-order valence-electron chi connectivity index (χ1n) is 11.5. The van der Waals surface area contributed by atoms with Gasteiger partial charge in [0.2, 0.25) is 0 Å². The van der Waals surface area contributed by atoms with Crippen molar-refractivity contribution < 1.29 is 17.6 Å². The number of pyridine rings is 1. The lowest BCUT2D eigenvalue weighted by atomic mass is 9.91. The number of fused-ring (bicyclic) bond motifs is 5. The molecule has 1 aliphatic heterocycles. The molecule has 7 rings (SSSR count). The fourth-order valence-electron chi connectivity index (χ4n) is 5.47. The van der Waals surface area contributed by atoms with Gasteiger partial charge in [0.15, 0.2) is 23.3 Å². The van der Waals surface area contributed by atoms with Crippen LogP contribution in [-0.4, -0.2) is 15.7 Å². The fourth-order valence-corrected chi connectivity index (χ4v) is 5.47. The van der Waals surface area contributed by atoms with E-state index in [4.69, 9.17) is 0 Å². The number of nitrogens with zero attached hydrogens (tertiary/aromatic N) is 3. The van der Waals surface area contributed by atoms with Gasteiger partial charge >= 0.3 is 0 Å². The zero-order valence-corrected chi connectivity index (χ0v) is 18.7. The molecule has 1 aliphatic carbocycles. The summed E-state index contributed by atoms with van der Waals surface area (Å²) in [7, 11) is 0. The molecule has 0 N–H and O–H groups in total. The Morgan fingerprint density at radius 2 is 1.44 bits per heavy atom. The second-order valence-corrected chi connectivity index (χ2v) is 8.98. The van der Waals surface area contributed by atoms with Gasteiger partial charge in [0.05, 0.1) is 23.3 Å². The molecule has 36 heavy (non-hydrogen) atoms. The minimum Gasteiger partial charge on any atom is -0.328 e. The first-order valence-corrected chi connectivity index (χ1v) is 11.5. The van der Waals surface area contributed by atoms with Crippen LogP contribution >= 0.6 is 0 Å². The molecule has 2 aromatic heterocycles. The highest BCUT2D eigenvalue weighted by molar-refractivity contribution is 5.91. The van der Waals surface area contributed by atoms with E-state index in [1.54, 1.807) is 36.5 Å². The van der Waals surface area contributed by atoms with Crippen molar-refractivity contribution in [3.05, 3.63) is 120 Å². The van der Waals surface area contributed by atoms with Crippen molar-refractivity contribution in [2.45, 2.75) is 12.0 Å². The molecule has 5 aromatic rings. The molecular weight excluding hydrogens is 466 g/mol. The van der Waals surface area contributed by atoms with Crippen LogP contribution in [0, 0.1) is 23.3 Å². The van der Waals surface area contributed by atoms with Crippen molar-refractivity contribution in [2.75, 3.05) is 4.90 Å². The molecule has 3 heterocycles. The Kier molecular flexibility index (Phi) is 4.39. The van der Waals surface area contributed by atoms with Crippen LogP contribution < -0.4 is 4.90 Å². The number of hydrogen-bond acceptors (Lipinski definition) is 2. The predicted molar refractivity (Wildman–Crippen MR) is 131 cm³/mol. The average Bonchev–Trinajstić information content (AvgIpc) is 3.46. The van der Waals surface area contributed by atoms with Crippen LogP contribution in [0.4, 0.5) is 28.9 Å². The molecule has 0 amide bonds.